The normalized spacial score (nSPS) is 14.4. The van der Waals surface area contributed by atoms with Gasteiger partial charge in [-0.05, 0) is 37.1 Å². The van der Waals surface area contributed by atoms with Crippen molar-refractivity contribution < 1.29 is 61.0 Å². The van der Waals surface area contributed by atoms with Gasteiger partial charge in [-0.1, -0.05) is 25.7 Å². The van der Waals surface area contributed by atoms with Crippen LogP contribution in [-0.4, -0.2) is 79.3 Å². The molecule has 14 heteroatoms. The van der Waals surface area contributed by atoms with E-state index in [1.54, 1.807) is 0 Å². The highest BCUT2D eigenvalue weighted by molar-refractivity contribution is 7.47. The van der Waals surface area contributed by atoms with E-state index in [9.17, 15) is 27.4 Å². The Labute approximate surface area is 209 Å². The van der Waals surface area contributed by atoms with E-state index in [2.05, 4.69) is 4.74 Å². The molecule has 0 aliphatic heterocycles. The summed E-state index contributed by atoms with van der Waals surface area (Å²) in [4.78, 5) is 20.9. The first kappa shape index (κ1) is 34.1. The lowest BCUT2D eigenvalue weighted by Gasteiger charge is -2.29. The summed E-state index contributed by atoms with van der Waals surface area (Å²) in [5, 5.41) is 8.98. The first-order chi connectivity index (χ1) is 16.2. The lowest BCUT2D eigenvalue weighted by molar-refractivity contribution is -0.873. The van der Waals surface area contributed by atoms with Crippen LogP contribution in [0.25, 0.3) is 0 Å². The number of benzene rings is 1. The quantitative estimate of drug-likeness (QED) is 0.150. The molecule has 0 aliphatic carbocycles. The Balaban J connectivity index is 0.0000122. The van der Waals surface area contributed by atoms with Crippen molar-refractivity contribution in [2.45, 2.75) is 57.4 Å². The van der Waals surface area contributed by atoms with Crippen molar-refractivity contribution in [3.63, 3.8) is 0 Å². The van der Waals surface area contributed by atoms with Gasteiger partial charge in [-0.15, -0.1) is 13.2 Å². The number of nitrogens with zero attached hydrogens (tertiary/aromatic N) is 1. The maximum absolute atomic E-state index is 12.1. The molecule has 0 radical (unpaired) electrons. The SMILES string of the molecule is C[N+](C)(C)C[C@@H](CC(=O)O)OP(=O)(O)OCCCCCCCCOc1ccc(OC(F)(F)F)cc1.[OH-]. The van der Waals surface area contributed by atoms with Crippen LogP contribution in [-0.2, 0) is 18.4 Å². The van der Waals surface area contributed by atoms with Crippen molar-refractivity contribution in [2.24, 2.45) is 0 Å². The van der Waals surface area contributed by atoms with Crippen molar-refractivity contribution in [3.05, 3.63) is 24.3 Å². The number of ether oxygens (including phenoxy) is 2. The van der Waals surface area contributed by atoms with Gasteiger partial charge in [-0.2, -0.15) is 0 Å². The Hall–Kier alpha value is -1.89. The number of alkyl halides is 3. The Bertz CT molecular complexity index is 801. The van der Waals surface area contributed by atoms with Crippen LogP contribution in [0.4, 0.5) is 13.2 Å². The van der Waals surface area contributed by atoms with Gasteiger partial charge in [0.1, 0.15) is 24.1 Å². The number of phosphoric ester groups is 1. The lowest BCUT2D eigenvalue weighted by atomic mass is 10.1. The maximum atomic E-state index is 12.1. The molecule has 0 aromatic heterocycles. The van der Waals surface area contributed by atoms with Crippen LogP contribution in [0.2, 0.25) is 0 Å². The molecule has 1 rings (SSSR count). The molecule has 0 amide bonds. The zero-order valence-electron chi connectivity index (χ0n) is 20.8. The third-order valence-corrected chi connectivity index (χ3v) is 5.63. The van der Waals surface area contributed by atoms with Crippen LogP contribution < -0.4 is 9.47 Å². The molecule has 1 aromatic carbocycles. The number of carboxylic acid groups (broad SMARTS) is 1. The fraction of sp³-hybridized carbons (Fsp3) is 0.682. The van der Waals surface area contributed by atoms with Crippen LogP contribution in [0.15, 0.2) is 24.3 Å². The molecule has 36 heavy (non-hydrogen) atoms. The number of hydrogen-bond donors (Lipinski definition) is 2. The van der Waals surface area contributed by atoms with Crippen molar-refractivity contribution in [2.75, 3.05) is 40.9 Å². The zero-order chi connectivity index (χ0) is 26.5. The van der Waals surface area contributed by atoms with E-state index < -0.39 is 32.7 Å². The van der Waals surface area contributed by atoms with Crippen LogP contribution in [0.1, 0.15) is 44.9 Å². The molecular weight excluding hydrogens is 510 g/mol. The Morgan fingerprint density at radius 1 is 0.972 bits per heavy atom. The monoisotopic (exact) mass is 547 g/mol. The number of phosphoric acid groups is 1. The van der Waals surface area contributed by atoms with E-state index in [0.29, 0.717) is 23.3 Å². The molecule has 0 saturated carbocycles. The second-order valence-corrected chi connectivity index (χ2v) is 10.5. The Morgan fingerprint density at radius 3 is 1.97 bits per heavy atom. The largest absolute Gasteiger partial charge is 0.870 e. The summed E-state index contributed by atoms with van der Waals surface area (Å²) in [6.45, 7) is 0.690. The predicted octanol–water partition coefficient (Wildman–Crippen LogP) is 4.81. The van der Waals surface area contributed by atoms with Crippen LogP contribution in [0.3, 0.4) is 0 Å². The summed E-state index contributed by atoms with van der Waals surface area (Å²) in [7, 11) is 1.11. The van der Waals surface area contributed by atoms with E-state index >= 15 is 0 Å². The summed E-state index contributed by atoms with van der Waals surface area (Å²) in [5.74, 6) is -0.969. The third-order valence-electron chi connectivity index (χ3n) is 4.56. The van der Waals surface area contributed by atoms with Gasteiger partial charge >= 0.3 is 20.2 Å². The summed E-state index contributed by atoms with van der Waals surface area (Å²) in [6, 6.07) is 5.21. The second-order valence-electron chi connectivity index (χ2n) is 9.09. The second kappa shape index (κ2) is 16.1. The smallest absolute Gasteiger partial charge is 0.573 e. The minimum Gasteiger partial charge on any atom is -0.870 e. The third kappa shape index (κ3) is 18.4. The van der Waals surface area contributed by atoms with E-state index in [1.807, 2.05) is 21.1 Å². The van der Waals surface area contributed by atoms with Crippen molar-refractivity contribution >= 4 is 13.8 Å². The Kier molecular flexibility index (Phi) is 15.2. The average molecular weight is 548 g/mol. The van der Waals surface area contributed by atoms with Crippen LogP contribution >= 0.6 is 7.82 Å². The first-order valence-corrected chi connectivity index (χ1v) is 12.8. The fourth-order valence-corrected chi connectivity index (χ4v) is 4.12. The minimum atomic E-state index is -4.73. The predicted molar refractivity (Wildman–Crippen MR) is 124 cm³/mol. The van der Waals surface area contributed by atoms with E-state index in [0.717, 1.165) is 32.1 Å². The van der Waals surface area contributed by atoms with Gasteiger partial charge in [0.25, 0.3) is 0 Å². The number of quaternary nitrogens is 1. The molecule has 1 aromatic rings. The summed E-state index contributed by atoms with van der Waals surface area (Å²) < 4.78 is 68.3. The van der Waals surface area contributed by atoms with Crippen LogP contribution in [0.5, 0.6) is 11.5 Å². The standard InChI is InChI=1S/C22H35F3NO8P.H2O/c1-26(2,3)17-20(16-21(27)28)34-35(29,30)32-15-9-7-5-4-6-8-14-31-18-10-12-19(13-11-18)33-22(23,24)25;/h10-13,20H,4-9,14-17H2,1-3H3,(H-,27,28,29,30);1H2/t20-;/m1./s1. The average Bonchev–Trinajstić information content (AvgIpc) is 2.67. The Morgan fingerprint density at radius 2 is 1.47 bits per heavy atom. The number of rotatable bonds is 18. The van der Waals surface area contributed by atoms with E-state index in [-0.39, 0.29) is 24.4 Å². The highest BCUT2D eigenvalue weighted by Gasteiger charge is 2.32. The summed E-state index contributed by atoms with van der Waals surface area (Å²) in [6.07, 6.45) is -1.29. The number of unbranched alkanes of at least 4 members (excludes halogenated alkanes) is 5. The van der Waals surface area contributed by atoms with Crippen molar-refractivity contribution in [1.82, 2.24) is 0 Å². The molecule has 1 unspecified atom stereocenters. The molecule has 0 saturated heterocycles. The number of carbonyl (C=O) groups is 1. The minimum absolute atomic E-state index is 0. The van der Waals surface area contributed by atoms with E-state index in [1.165, 1.54) is 24.3 Å². The molecule has 0 bridgehead atoms. The van der Waals surface area contributed by atoms with Crippen LogP contribution in [0, 0.1) is 0 Å². The molecule has 0 spiro atoms. The fourth-order valence-electron chi connectivity index (χ4n) is 3.18. The highest BCUT2D eigenvalue weighted by atomic mass is 31.2. The van der Waals surface area contributed by atoms with Gasteiger partial charge in [0.2, 0.25) is 0 Å². The number of likely N-dealkylation sites (N-methyl/N-ethyl adjacent to an activating group) is 1. The zero-order valence-corrected chi connectivity index (χ0v) is 21.7. The number of hydrogen-bond acceptors (Lipinski definition) is 7. The number of carboxylic acids is 1. The first-order valence-electron chi connectivity index (χ1n) is 11.3. The van der Waals surface area contributed by atoms with Gasteiger partial charge in [0.05, 0.1) is 40.8 Å². The molecule has 0 fully saturated rings. The highest BCUT2D eigenvalue weighted by Crippen LogP contribution is 2.45. The van der Waals surface area contributed by atoms with Crippen molar-refractivity contribution in [3.8, 4) is 11.5 Å². The number of halogens is 3. The summed E-state index contributed by atoms with van der Waals surface area (Å²) in [5.41, 5.74) is 0. The molecule has 0 aliphatic rings. The van der Waals surface area contributed by atoms with Gasteiger partial charge < -0.3 is 29.4 Å². The van der Waals surface area contributed by atoms with Gasteiger partial charge in [0.15, 0.2) is 0 Å². The number of aliphatic carboxylic acids is 1. The lowest BCUT2D eigenvalue weighted by Crippen LogP contribution is -2.42. The molecule has 3 N–H and O–H groups in total. The maximum Gasteiger partial charge on any atom is 0.573 e. The molecule has 0 heterocycles. The summed E-state index contributed by atoms with van der Waals surface area (Å²) >= 11 is 0. The van der Waals surface area contributed by atoms with E-state index in [4.69, 9.17) is 18.9 Å². The van der Waals surface area contributed by atoms with Gasteiger partial charge in [-0.25, -0.2) is 4.57 Å². The topological polar surface area (TPSA) is 142 Å². The molecular formula is C22H37F3NO9P. The molecule has 210 valence electrons. The van der Waals surface area contributed by atoms with Gasteiger partial charge in [-0.3, -0.25) is 13.8 Å². The van der Waals surface area contributed by atoms with Gasteiger partial charge in [0, 0.05) is 0 Å². The van der Waals surface area contributed by atoms with Crippen molar-refractivity contribution in [1.29, 1.82) is 0 Å². The molecule has 10 nitrogen and oxygen atoms in total. The molecule has 2 atom stereocenters.